The fraction of sp³-hybridized carbons (Fsp3) is 0.0588. The van der Waals surface area contributed by atoms with Crippen LogP contribution in [-0.2, 0) is 0 Å². The van der Waals surface area contributed by atoms with E-state index in [0.29, 0.717) is 17.0 Å². The van der Waals surface area contributed by atoms with Gasteiger partial charge in [0.2, 0.25) is 0 Å². The average Bonchev–Trinajstić information content (AvgIpc) is 2.52. The second-order valence-corrected chi connectivity index (χ2v) is 4.56. The summed E-state index contributed by atoms with van der Waals surface area (Å²) in [6.07, 6.45) is 3.78. The molecule has 0 heterocycles. The topological polar surface area (TPSA) is 67.5 Å². The number of anilines is 1. The maximum atomic E-state index is 11.9. The second-order valence-electron chi connectivity index (χ2n) is 4.56. The molecular formula is C17H17N3O. The fourth-order valence-electron chi connectivity index (χ4n) is 1.66. The van der Waals surface area contributed by atoms with Crippen molar-refractivity contribution in [1.82, 2.24) is 5.43 Å². The normalized spacial score (nSPS) is 11.6. The highest BCUT2D eigenvalue weighted by atomic mass is 16.2. The number of rotatable bonds is 4. The molecular weight excluding hydrogens is 262 g/mol. The highest BCUT2D eigenvalue weighted by Crippen LogP contribution is 2.05. The zero-order valence-corrected chi connectivity index (χ0v) is 11.8. The van der Waals surface area contributed by atoms with Crippen LogP contribution < -0.4 is 11.2 Å². The van der Waals surface area contributed by atoms with Gasteiger partial charge in [-0.3, -0.25) is 4.79 Å². The third-order valence-corrected chi connectivity index (χ3v) is 2.82. The number of allylic oxidation sites excluding steroid dienone is 1. The molecule has 0 unspecified atom stereocenters. The molecule has 0 bridgehead atoms. The van der Waals surface area contributed by atoms with E-state index < -0.39 is 0 Å². The van der Waals surface area contributed by atoms with Gasteiger partial charge < -0.3 is 5.73 Å². The second kappa shape index (κ2) is 7.05. The van der Waals surface area contributed by atoms with Gasteiger partial charge in [0.1, 0.15) is 0 Å². The van der Waals surface area contributed by atoms with Gasteiger partial charge in [-0.15, -0.1) is 0 Å². The molecule has 21 heavy (non-hydrogen) atoms. The van der Waals surface area contributed by atoms with Gasteiger partial charge in [0.05, 0.1) is 5.71 Å². The van der Waals surface area contributed by atoms with E-state index in [4.69, 9.17) is 5.73 Å². The molecule has 0 radical (unpaired) electrons. The van der Waals surface area contributed by atoms with Crippen LogP contribution in [0.4, 0.5) is 5.69 Å². The largest absolute Gasteiger partial charge is 0.399 e. The number of nitrogens with zero attached hydrogens (tertiary/aromatic N) is 1. The van der Waals surface area contributed by atoms with Crippen molar-refractivity contribution >= 4 is 23.4 Å². The van der Waals surface area contributed by atoms with Crippen molar-refractivity contribution < 1.29 is 4.79 Å². The molecule has 0 aromatic heterocycles. The smallest absolute Gasteiger partial charge is 0.271 e. The quantitative estimate of drug-likeness (QED) is 0.513. The van der Waals surface area contributed by atoms with Crippen LogP contribution in [0, 0.1) is 0 Å². The van der Waals surface area contributed by atoms with Crippen LogP contribution in [0.15, 0.2) is 65.8 Å². The third kappa shape index (κ3) is 4.62. The van der Waals surface area contributed by atoms with Crippen LogP contribution >= 0.6 is 0 Å². The molecule has 3 N–H and O–H groups in total. The Morgan fingerprint density at radius 3 is 2.43 bits per heavy atom. The van der Waals surface area contributed by atoms with Gasteiger partial charge in [-0.2, -0.15) is 5.10 Å². The van der Waals surface area contributed by atoms with Crippen molar-refractivity contribution in [2.75, 3.05) is 5.73 Å². The van der Waals surface area contributed by atoms with E-state index in [2.05, 4.69) is 10.5 Å². The first kappa shape index (κ1) is 14.5. The number of hydrogen-bond acceptors (Lipinski definition) is 3. The molecule has 0 atom stereocenters. The van der Waals surface area contributed by atoms with Crippen molar-refractivity contribution in [3.63, 3.8) is 0 Å². The molecule has 106 valence electrons. The summed E-state index contributed by atoms with van der Waals surface area (Å²) in [6.45, 7) is 1.82. The molecule has 0 fully saturated rings. The van der Waals surface area contributed by atoms with Gasteiger partial charge in [-0.05, 0) is 42.8 Å². The molecule has 2 rings (SSSR count). The Bertz CT molecular complexity index is 658. The van der Waals surface area contributed by atoms with Crippen LogP contribution in [0.25, 0.3) is 6.08 Å². The van der Waals surface area contributed by atoms with Crippen molar-refractivity contribution in [2.24, 2.45) is 5.10 Å². The fourth-order valence-corrected chi connectivity index (χ4v) is 1.66. The molecule has 4 heteroatoms. The maximum Gasteiger partial charge on any atom is 0.271 e. The number of hydrogen-bond donors (Lipinski definition) is 2. The van der Waals surface area contributed by atoms with E-state index in [1.54, 1.807) is 24.3 Å². The van der Waals surface area contributed by atoms with E-state index in [1.165, 1.54) is 0 Å². The van der Waals surface area contributed by atoms with Gasteiger partial charge in [0, 0.05) is 11.3 Å². The minimum Gasteiger partial charge on any atom is -0.399 e. The summed E-state index contributed by atoms with van der Waals surface area (Å²) in [7, 11) is 0. The Hall–Kier alpha value is -2.88. The van der Waals surface area contributed by atoms with Crippen LogP contribution in [0.3, 0.4) is 0 Å². The summed E-state index contributed by atoms with van der Waals surface area (Å²) in [4.78, 5) is 11.9. The molecule has 0 saturated heterocycles. The molecule has 2 aromatic carbocycles. The highest BCUT2D eigenvalue weighted by molar-refractivity contribution is 5.99. The minimum absolute atomic E-state index is 0.262. The standard InChI is InChI=1S/C17H17N3O/c1-13(7-8-14-5-3-2-4-6-14)19-20-17(21)15-9-11-16(18)12-10-15/h2-12H,18H2,1H3,(H,20,21)/b8-7+,19-13+. The molecule has 0 aliphatic rings. The first-order valence-electron chi connectivity index (χ1n) is 6.58. The Kier molecular flexibility index (Phi) is 4.88. The number of benzene rings is 2. The number of nitrogen functional groups attached to an aromatic ring is 1. The lowest BCUT2D eigenvalue weighted by molar-refractivity contribution is 0.0955. The Morgan fingerprint density at radius 2 is 1.76 bits per heavy atom. The Balaban J connectivity index is 1.95. The van der Waals surface area contributed by atoms with Gasteiger partial charge in [-0.1, -0.05) is 36.4 Å². The van der Waals surface area contributed by atoms with E-state index in [-0.39, 0.29) is 5.91 Å². The van der Waals surface area contributed by atoms with E-state index in [0.717, 1.165) is 5.56 Å². The van der Waals surface area contributed by atoms with Crippen molar-refractivity contribution in [2.45, 2.75) is 6.92 Å². The molecule has 2 aromatic rings. The Morgan fingerprint density at radius 1 is 1.10 bits per heavy atom. The summed E-state index contributed by atoms with van der Waals surface area (Å²) >= 11 is 0. The lowest BCUT2D eigenvalue weighted by Gasteiger charge is -2.01. The molecule has 4 nitrogen and oxygen atoms in total. The minimum atomic E-state index is -0.262. The van der Waals surface area contributed by atoms with Gasteiger partial charge in [0.25, 0.3) is 5.91 Å². The van der Waals surface area contributed by atoms with Crippen molar-refractivity contribution in [1.29, 1.82) is 0 Å². The van der Waals surface area contributed by atoms with Crippen LogP contribution in [-0.4, -0.2) is 11.6 Å². The van der Waals surface area contributed by atoms with Gasteiger partial charge in [-0.25, -0.2) is 5.43 Å². The average molecular weight is 279 g/mol. The molecule has 1 amide bonds. The predicted octanol–water partition coefficient (Wildman–Crippen LogP) is 3.09. The van der Waals surface area contributed by atoms with Crippen molar-refractivity contribution in [3.8, 4) is 0 Å². The lowest BCUT2D eigenvalue weighted by atomic mass is 10.2. The molecule has 0 aliphatic heterocycles. The first-order valence-corrected chi connectivity index (χ1v) is 6.58. The SMILES string of the molecule is CC(/C=C/c1ccccc1)=N\NC(=O)c1ccc(N)cc1. The monoisotopic (exact) mass is 279 g/mol. The summed E-state index contributed by atoms with van der Waals surface area (Å²) in [5, 5.41) is 4.04. The lowest BCUT2D eigenvalue weighted by Crippen LogP contribution is -2.18. The summed E-state index contributed by atoms with van der Waals surface area (Å²) < 4.78 is 0. The highest BCUT2D eigenvalue weighted by Gasteiger charge is 2.02. The predicted molar refractivity (Wildman–Crippen MR) is 86.9 cm³/mol. The van der Waals surface area contributed by atoms with Gasteiger partial charge in [0.15, 0.2) is 0 Å². The summed E-state index contributed by atoms with van der Waals surface area (Å²) in [6, 6.07) is 16.6. The van der Waals surface area contributed by atoms with Crippen LogP contribution in [0.5, 0.6) is 0 Å². The zero-order valence-electron chi connectivity index (χ0n) is 11.8. The molecule has 0 spiro atoms. The number of nitrogens with two attached hydrogens (primary N) is 1. The number of hydrazone groups is 1. The number of carbonyl (C=O) groups is 1. The van der Waals surface area contributed by atoms with E-state index >= 15 is 0 Å². The van der Waals surface area contributed by atoms with E-state index in [1.807, 2.05) is 49.4 Å². The number of nitrogens with one attached hydrogen (secondary N) is 1. The van der Waals surface area contributed by atoms with Crippen LogP contribution in [0.2, 0.25) is 0 Å². The van der Waals surface area contributed by atoms with Gasteiger partial charge >= 0.3 is 0 Å². The number of amides is 1. The van der Waals surface area contributed by atoms with Crippen LogP contribution in [0.1, 0.15) is 22.8 Å². The first-order chi connectivity index (χ1) is 10.1. The molecule has 0 aliphatic carbocycles. The maximum absolute atomic E-state index is 11.9. The zero-order chi connectivity index (χ0) is 15.1. The summed E-state index contributed by atoms with van der Waals surface area (Å²) in [5.74, 6) is -0.262. The van der Waals surface area contributed by atoms with E-state index in [9.17, 15) is 4.79 Å². The Labute approximate surface area is 124 Å². The summed E-state index contributed by atoms with van der Waals surface area (Å²) in [5.41, 5.74) is 11.0. The number of carbonyl (C=O) groups excluding carboxylic acids is 1. The van der Waals surface area contributed by atoms with Crippen molar-refractivity contribution in [3.05, 3.63) is 71.8 Å². The molecule has 0 saturated carbocycles. The third-order valence-electron chi connectivity index (χ3n) is 2.82.